The molecule has 8 rings (SSSR count). The quantitative estimate of drug-likeness (QED) is 0.167. The van der Waals surface area contributed by atoms with Crippen LogP contribution in [0, 0.1) is 0 Å². The average molecular weight is 724 g/mol. The van der Waals surface area contributed by atoms with Gasteiger partial charge in [0.05, 0.1) is 19.3 Å². The third-order valence-corrected chi connectivity index (χ3v) is 10.3. The van der Waals surface area contributed by atoms with Crippen molar-refractivity contribution in [2.24, 2.45) is 0 Å². The Morgan fingerprint density at radius 2 is 1.27 bits per heavy atom. The lowest BCUT2D eigenvalue weighted by atomic mass is 10.1. The average Bonchev–Trinajstić information content (AvgIpc) is 3.69. The zero-order valence-electron chi connectivity index (χ0n) is 29.0. The van der Waals surface area contributed by atoms with Crippen molar-refractivity contribution in [1.29, 1.82) is 0 Å². The van der Waals surface area contributed by atoms with Crippen molar-refractivity contribution < 1.29 is 4.74 Å². The molecular weight excluding hydrogens is 679 g/mol. The molecule has 1 aromatic heterocycles. The molecule has 0 amide bonds. The molecule has 0 aliphatic carbocycles. The van der Waals surface area contributed by atoms with E-state index in [9.17, 15) is 4.79 Å². The number of para-hydroxylation sites is 1. The Balaban J connectivity index is 0.000000159. The number of aromatic nitrogens is 2. The van der Waals surface area contributed by atoms with Gasteiger partial charge in [-0.25, -0.2) is 9.69 Å². The Morgan fingerprint density at radius 3 is 1.96 bits per heavy atom. The van der Waals surface area contributed by atoms with Crippen LogP contribution in [0.1, 0.15) is 39.9 Å². The normalized spacial score (nSPS) is 16.2. The molecule has 5 aromatic rings. The molecular formula is C41H44Cl2N6O2. The molecule has 0 bridgehead atoms. The summed E-state index contributed by atoms with van der Waals surface area (Å²) in [5.74, 6) is 0.948. The molecule has 10 heteroatoms. The number of hydrazine groups is 1. The van der Waals surface area contributed by atoms with Gasteiger partial charge in [0.25, 0.3) is 5.56 Å². The first-order chi connectivity index (χ1) is 24.9. The van der Waals surface area contributed by atoms with Gasteiger partial charge in [-0.1, -0.05) is 96.0 Å². The topological polar surface area (TPSA) is 68.8 Å². The van der Waals surface area contributed by atoms with E-state index < -0.39 is 0 Å². The van der Waals surface area contributed by atoms with Crippen molar-refractivity contribution in [2.75, 3.05) is 33.3 Å². The Hall–Kier alpha value is -4.31. The number of H-pyrrole nitrogens is 1. The summed E-state index contributed by atoms with van der Waals surface area (Å²) in [5.41, 5.74) is 13.5. The van der Waals surface area contributed by atoms with Crippen LogP contribution in [0.25, 0.3) is 0 Å². The van der Waals surface area contributed by atoms with Crippen LogP contribution in [0.3, 0.4) is 0 Å². The molecule has 4 heterocycles. The second-order valence-corrected chi connectivity index (χ2v) is 14.4. The molecule has 0 fully saturated rings. The lowest BCUT2D eigenvalue weighted by Gasteiger charge is -2.28. The molecule has 3 aliphatic heterocycles. The van der Waals surface area contributed by atoms with Crippen LogP contribution in [0.2, 0.25) is 10.0 Å². The molecule has 4 aromatic carbocycles. The first-order valence-electron chi connectivity index (χ1n) is 17.5. The number of benzene rings is 4. The molecule has 0 atom stereocenters. The van der Waals surface area contributed by atoms with E-state index in [1.165, 1.54) is 28.0 Å². The molecule has 51 heavy (non-hydrogen) atoms. The smallest absolute Gasteiger partial charge is 0.270 e. The van der Waals surface area contributed by atoms with Crippen molar-refractivity contribution in [3.05, 3.63) is 168 Å². The number of hydrogen-bond donors (Lipinski definition) is 2. The number of nitrogens with one attached hydrogen (secondary N) is 2. The van der Waals surface area contributed by atoms with Gasteiger partial charge in [0.15, 0.2) is 0 Å². The highest BCUT2D eigenvalue weighted by Gasteiger charge is 2.27. The van der Waals surface area contributed by atoms with Crippen molar-refractivity contribution in [3.8, 4) is 5.75 Å². The summed E-state index contributed by atoms with van der Waals surface area (Å²) in [6.07, 6.45) is 1.92. The van der Waals surface area contributed by atoms with Crippen LogP contribution in [-0.2, 0) is 39.1 Å². The first-order valence-corrected chi connectivity index (χ1v) is 18.3. The number of halogens is 2. The van der Waals surface area contributed by atoms with Crippen LogP contribution in [0.15, 0.2) is 119 Å². The highest BCUT2D eigenvalue weighted by molar-refractivity contribution is 6.30. The molecule has 264 valence electrons. The van der Waals surface area contributed by atoms with E-state index in [4.69, 9.17) is 27.9 Å². The summed E-state index contributed by atoms with van der Waals surface area (Å²) in [7, 11) is 1.73. The van der Waals surface area contributed by atoms with Crippen LogP contribution in [0.4, 0.5) is 0 Å². The fraction of sp³-hybridized carbons (Fsp3) is 0.293. The van der Waals surface area contributed by atoms with Gasteiger partial charge in [-0.2, -0.15) is 0 Å². The van der Waals surface area contributed by atoms with Crippen molar-refractivity contribution in [2.45, 2.75) is 45.6 Å². The van der Waals surface area contributed by atoms with Gasteiger partial charge >= 0.3 is 0 Å². The van der Waals surface area contributed by atoms with Crippen LogP contribution >= 0.6 is 23.2 Å². The van der Waals surface area contributed by atoms with E-state index in [0.717, 1.165) is 97.8 Å². The van der Waals surface area contributed by atoms with Gasteiger partial charge < -0.3 is 10.2 Å². The fourth-order valence-electron chi connectivity index (χ4n) is 7.12. The highest BCUT2D eigenvalue weighted by Crippen LogP contribution is 2.27. The third-order valence-electron chi connectivity index (χ3n) is 9.79. The van der Waals surface area contributed by atoms with Crippen LogP contribution in [-0.4, -0.2) is 57.9 Å². The Labute approximate surface area is 309 Å². The van der Waals surface area contributed by atoms with Crippen molar-refractivity contribution in [3.63, 3.8) is 0 Å². The van der Waals surface area contributed by atoms with Crippen molar-refractivity contribution >= 4 is 23.2 Å². The minimum Gasteiger partial charge on any atom is -0.496 e. The molecule has 3 aliphatic rings. The second-order valence-electron chi connectivity index (χ2n) is 13.5. The number of hydrogen-bond acceptors (Lipinski definition) is 6. The summed E-state index contributed by atoms with van der Waals surface area (Å²) < 4.78 is 7.21. The van der Waals surface area contributed by atoms with E-state index in [-0.39, 0.29) is 5.56 Å². The lowest BCUT2D eigenvalue weighted by Crippen LogP contribution is -2.36. The van der Waals surface area contributed by atoms with Gasteiger partial charge in [-0.3, -0.25) is 19.7 Å². The lowest BCUT2D eigenvalue weighted by molar-refractivity contribution is 0.231. The number of rotatable bonds is 9. The van der Waals surface area contributed by atoms with Gasteiger partial charge in [0.2, 0.25) is 0 Å². The summed E-state index contributed by atoms with van der Waals surface area (Å²) in [4.78, 5) is 17.5. The van der Waals surface area contributed by atoms with Crippen molar-refractivity contribution in [1.82, 2.24) is 30.0 Å². The predicted molar refractivity (Wildman–Crippen MR) is 205 cm³/mol. The monoisotopic (exact) mass is 722 g/mol. The van der Waals surface area contributed by atoms with E-state index >= 15 is 0 Å². The number of fused-ring (bicyclic) bond motifs is 1. The summed E-state index contributed by atoms with van der Waals surface area (Å²) >= 11 is 11.9. The van der Waals surface area contributed by atoms with Gasteiger partial charge in [-0.05, 0) is 65.4 Å². The molecule has 0 radical (unpaired) electrons. The molecule has 0 unspecified atom stereocenters. The summed E-state index contributed by atoms with van der Waals surface area (Å²) in [5, 5.41) is 7.15. The maximum Gasteiger partial charge on any atom is 0.270 e. The SMILES string of the molecule is COc1ccccc1CN1CC2=C(CN(Cc3ccc(Cl)cc3)CC2)N1.O=c1c2c([nH]n1Cc1ccccc1)CN(Cc1ccc(Cl)cc1)CC2. The molecule has 0 saturated carbocycles. The summed E-state index contributed by atoms with van der Waals surface area (Å²) in [6.45, 7) is 7.99. The Morgan fingerprint density at radius 1 is 0.667 bits per heavy atom. The maximum absolute atomic E-state index is 12.6. The fourth-order valence-corrected chi connectivity index (χ4v) is 7.37. The summed E-state index contributed by atoms with van der Waals surface area (Å²) in [6, 6.07) is 34.4. The number of ether oxygens (including phenoxy) is 1. The third kappa shape index (κ3) is 8.95. The van der Waals surface area contributed by atoms with E-state index in [0.29, 0.717) is 6.54 Å². The number of methoxy groups -OCH3 is 1. The van der Waals surface area contributed by atoms with Crippen LogP contribution < -0.4 is 15.7 Å². The first kappa shape index (κ1) is 35.1. The predicted octanol–water partition coefficient (Wildman–Crippen LogP) is 7.27. The van der Waals surface area contributed by atoms with E-state index in [1.807, 2.05) is 66.7 Å². The highest BCUT2D eigenvalue weighted by atomic mass is 35.5. The minimum atomic E-state index is 0.116. The van der Waals surface area contributed by atoms with Gasteiger partial charge in [0, 0.05) is 79.2 Å². The van der Waals surface area contributed by atoms with E-state index in [2.05, 4.69) is 61.7 Å². The number of aromatic amines is 1. The molecule has 2 N–H and O–H groups in total. The number of nitrogens with zero attached hydrogens (tertiary/aromatic N) is 4. The Bertz CT molecular complexity index is 2010. The van der Waals surface area contributed by atoms with Gasteiger partial charge in [-0.15, -0.1) is 0 Å². The van der Waals surface area contributed by atoms with Gasteiger partial charge in [0.1, 0.15) is 5.75 Å². The zero-order valence-corrected chi connectivity index (χ0v) is 30.5. The maximum atomic E-state index is 12.6. The van der Waals surface area contributed by atoms with E-state index in [1.54, 1.807) is 11.8 Å². The zero-order chi connectivity index (χ0) is 35.2. The molecule has 8 nitrogen and oxygen atoms in total. The Kier molecular flexibility index (Phi) is 11.3. The molecule has 0 saturated heterocycles. The standard InChI is InChI=1S/C21H24ClN3O.C20H20ClN3O/c1-26-21-5-3-2-4-18(21)14-25-13-17-10-11-24(15-20(17)23-25)12-16-6-8-19(22)9-7-16;21-17-8-6-16(7-9-17)12-23-11-10-18-19(14-23)22-24(20(18)25)13-15-4-2-1-3-5-15/h2-9,23H,10-15H2,1H3;1-9,22H,10-14H2. The van der Waals surface area contributed by atoms with Crippen LogP contribution in [0.5, 0.6) is 5.75 Å². The second kappa shape index (κ2) is 16.4. The molecule has 0 spiro atoms. The minimum absolute atomic E-state index is 0.116. The largest absolute Gasteiger partial charge is 0.496 e.